The molecule has 0 radical (unpaired) electrons. The van der Waals surface area contributed by atoms with Crippen molar-refractivity contribution in [3.63, 3.8) is 0 Å². The number of rotatable bonds is 6. The highest BCUT2D eigenvalue weighted by Crippen LogP contribution is 2.06. The van der Waals surface area contributed by atoms with Crippen LogP contribution in [0.3, 0.4) is 0 Å². The van der Waals surface area contributed by atoms with Gasteiger partial charge in [-0.2, -0.15) is 8.42 Å². The van der Waals surface area contributed by atoms with Crippen LogP contribution in [0.4, 0.5) is 0 Å². The first kappa shape index (κ1) is 11.9. The lowest BCUT2D eigenvalue weighted by Crippen LogP contribution is -2.08. The summed E-state index contributed by atoms with van der Waals surface area (Å²) in [7, 11) is -3.30. The first-order valence-corrected chi connectivity index (χ1v) is 5.72. The Morgan fingerprint density at radius 2 is 2.00 bits per heavy atom. The number of aliphatic hydroxyl groups is 1. The Labute approximate surface area is 73.7 Å². The Balaban J connectivity index is 3.44. The van der Waals surface area contributed by atoms with Crippen LogP contribution in [0.1, 0.15) is 19.8 Å². The van der Waals surface area contributed by atoms with Crippen molar-refractivity contribution in [1.82, 2.24) is 0 Å². The quantitative estimate of drug-likeness (QED) is 0.623. The number of hydrogen-bond donors (Lipinski definition) is 1. The minimum atomic E-state index is -3.30. The van der Waals surface area contributed by atoms with Gasteiger partial charge >= 0.3 is 0 Å². The van der Waals surface area contributed by atoms with Gasteiger partial charge in [0.1, 0.15) is 0 Å². The maximum absolute atomic E-state index is 10.5. The molecule has 12 heavy (non-hydrogen) atoms. The third kappa shape index (κ3) is 7.97. The van der Waals surface area contributed by atoms with Crippen LogP contribution in [0, 0.1) is 5.92 Å². The molecule has 0 aromatic carbocycles. The van der Waals surface area contributed by atoms with Gasteiger partial charge in [-0.15, -0.1) is 0 Å². The minimum absolute atomic E-state index is 0.139. The average molecular weight is 196 g/mol. The molecule has 0 saturated heterocycles. The van der Waals surface area contributed by atoms with Crippen molar-refractivity contribution in [3.8, 4) is 0 Å². The van der Waals surface area contributed by atoms with Crippen LogP contribution in [-0.2, 0) is 14.3 Å². The first-order chi connectivity index (χ1) is 5.45. The zero-order valence-electron chi connectivity index (χ0n) is 7.49. The van der Waals surface area contributed by atoms with E-state index in [9.17, 15) is 8.42 Å². The smallest absolute Gasteiger partial charge is 0.264 e. The van der Waals surface area contributed by atoms with Crippen molar-refractivity contribution >= 4 is 10.1 Å². The third-order valence-corrected chi connectivity index (χ3v) is 2.12. The summed E-state index contributed by atoms with van der Waals surface area (Å²) in [6.45, 7) is 2.29. The Hall–Kier alpha value is -0.130. The van der Waals surface area contributed by atoms with Gasteiger partial charge in [-0.1, -0.05) is 6.92 Å². The highest BCUT2D eigenvalue weighted by molar-refractivity contribution is 7.85. The van der Waals surface area contributed by atoms with Crippen molar-refractivity contribution in [2.45, 2.75) is 19.8 Å². The van der Waals surface area contributed by atoms with Gasteiger partial charge in [0, 0.05) is 6.61 Å². The van der Waals surface area contributed by atoms with E-state index >= 15 is 0 Å². The van der Waals surface area contributed by atoms with Crippen molar-refractivity contribution in [2.24, 2.45) is 5.92 Å². The fraction of sp³-hybridized carbons (Fsp3) is 1.00. The molecule has 0 aliphatic rings. The molecule has 1 atom stereocenters. The van der Waals surface area contributed by atoms with E-state index in [0.29, 0.717) is 18.8 Å². The Bertz CT molecular complexity index is 197. The largest absolute Gasteiger partial charge is 0.396 e. The third-order valence-electron chi connectivity index (χ3n) is 1.53. The van der Waals surface area contributed by atoms with Crippen LogP contribution in [0.5, 0.6) is 0 Å². The fourth-order valence-electron chi connectivity index (χ4n) is 0.765. The molecule has 1 N–H and O–H groups in total. The summed E-state index contributed by atoms with van der Waals surface area (Å²) in [5, 5.41) is 8.54. The van der Waals surface area contributed by atoms with Crippen molar-refractivity contribution < 1.29 is 17.7 Å². The van der Waals surface area contributed by atoms with Crippen molar-refractivity contribution in [1.29, 1.82) is 0 Å². The van der Waals surface area contributed by atoms with Crippen LogP contribution in [0.2, 0.25) is 0 Å². The van der Waals surface area contributed by atoms with Gasteiger partial charge in [0.05, 0.1) is 12.9 Å². The summed E-state index contributed by atoms with van der Waals surface area (Å²) in [4.78, 5) is 0. The second-order valence-electron chi connectivity index (χ2n) is 2.93. The summed E-state index contributed by atoms with van der Waals surface area (Å²) in [5.74, 6) is 0.303. The normalized spacial score (nSPS) is 14.6. The Kier molecular flexibility index (Phi) is 5.44. The van der Waals surface area contributed by atoms with Crippen molar-refractivity contribution in [3.05, 3.63) is 0 Å². The van der Waals surface area contributed by atoms with Crippen LogP contribution < -0.4 is 0 Å². The first-order valence-electron chi connectivity index (χ1n) is 3.91. The predicted molar refractivity (Wildman–Crippen MR) is 46.3 cm³/mol. The highest BCUT2D eigenvalue weighted by Gasteiger charge is 2.04. The maximum atomic E-state index is 10.5. The molecule has 5 heteroatoms. The van der Waals surface area contributed by atoms with Crippen LogP contribution in [0.25, 0.3) is 0 Å². The van der Waals surface area contributed by atoms with Gasteiger partial charge in [0.2, 0.25) is 0 Å². The van der Waals surface area contributed by atoms with E-state index in [1.807, 2.05) is 6.92 Å². The second-order valence-corrected chi connectivity index (χ2v) is 4.58. The van der Waals surface area contributed by atoms with Crippen LogP contribution in [0.15, 0.2) is 0 Å². The second kappa shape index (κ2) is 5.50. The fourth-order valence-corrected chi connectivity index (χ4v) is 1.16. The van der Waals surface area contributed by atoms with Gasteiger partial charge in [-0.25, -0.2) is 0 Å². The van der Waals surface area contributed by atoms with E-state index in [-0.39, 0.29) is 13.2 Å². The average Bonchev–Trinajstić information content (AvgIpc) is 1.84. The van der Waals surface area contributed by atoms with E-state index in [2.05, 4.69) is 4.18 Å². The lowest BCUT2D eigenvalue weighted by molar-refractivity contribution is 0.236. The van der Waals surface area contributed by atoms with E-state index in [1.54, 1.807) is 0 Å². The van der Waals surface area contributed by atoms with E-state index in [0.717, 1.165) is 6.26 Å². The van der Waals surface area contributed by atoms with E-state index in [4.69, 9.17) is 5.11 Å². The van der Waals surface area contributed by atoms with Crippen LogP contribution >= 0.6 is 0 Å². The molecule has 0 unspecified atom stereocenters. The Morgan fingerprint density at radius 1 is 1.42 bits per heavy atom. The van der Waals surface area contributed by atoms with Gasteiger partial charge in [-0.3, -0.25) is 4.18 Å². The molecular formula is C7H16O4S. The van der Waals surface area contributed by atoms with E-state index in [1.165, 1.54) is 0 Å². The zero-order valence-corrected chi connectivity index (χ0v) is 8.30. The summed E-state index contributed by atoms with van der Waals surface area (Å²) in [5.41, 5.74) is 0. The molecule has 0 aliphatic carbocycles. The molecule has 0 aliphatic heterocycles. The van der Waals surface area contributed by atoms with Crippen LogP contribution in [-0.4, -0.2) is 33.0 Å². The van der Waals surface area contributed by atoms with Gasteiger partial charge < -0.3 is 5.11 Å². The zero-order chi connectivity index (χ0) is 9.61. The predicted octanol–water partition coefficient (Wildman–Crippen LogP) is 0.371. The molecule has 0 bridgehead atoms. The minimum Gasteiger partial charge on any atom is -0.396 e. The molecule has 0 aromatic heterocycles. The summed E-state index contributed by atoms with van der Waals surface area (Å²) < 4.78 is 25.5. The molecule has 0 spiro atoms. The molecule has 0 aromatic rings. The van der Waals surface area contributed by atoms with Gasteiger partial charge in [0.15, 0.2) is 0 Å². The standard InChI is InChI=1S/C7H16O4S/c1-7(3-5-8)4-6-11-12(2,9)10/h7-8H,3-6H2,1-2H3/t7-/m0/s1. The Morgan fingerprint density at radius 3 is 2.42 bits per heavy atom. The lowest BCUT2D eigenvalue weighted by atomic mass is 10.1. The lowest BCUT2D eigenvalue weighted by Gasteiger charge is -2.07. The SMILES string of the molecule is C[C@@H](CCO)CCOS(C)(=O)=O. The molecule has 0 fully saturated rings. The van der Waals surface area contributed by atoms with Gasteiger partial charge in [-0.05, 0) is 18.8 Å². The molecule has 0 saturated carbocycles. The van der Waals surface area contributed by atoms with Crippen molar-refractivity contribution in [2.75, 3.05) is 19.5 Å². The molecule has 0 heterocycles. The molecule has 0 rings (SSSR count). The monoisotopic (exact) mass is 196 g/mol. The number of aliphatic hydroxyl groups excluding tert-OH is 1. The number of hydrogen-bond acceptors (Lipinski definition) is 4. The topological polar surface area (TPSA) is 63.6 Å². The molecule has 4 nitrogen and oxygen atoms in total. The maximum Gasteiger partial charge on any atom is 0.264 e. The van der Waals surface area contributed by atoms with Gasteiger partial charge in [0.25, 0.3) is 10.1 Å². The summed E-state index contributed by atoms with van der Waals surface area (Å²) in [6.07, 6.45) is 2.38. The van der Waals surface area contributed by atoms with E-state index < -0.39 is 10.1 Å². The molecule has 0 amide bonds. The molecule has 74 valence electrons. The summed E-state index contributed by atoms with van der Waals surface area (Å²) in [6, 6.07) is 0. The summed E-state index contributed by atoms with van der Waals surface area (Å²) >= 11 is 0. The molecular weight excluding hydrogens is 180 g/mol. The highest BCUT2D eigenvalue weighted by atomic mass is 32.2.